The fourth-order valence-corrected chi connectivity index (χ4v) is 1.90. The summed E-state index contributed by atoms with van der Waals surface area (Å²) in [6.45, 7) is 7.99. The van der Waals surface area contributed by atoms with E-state index in [1.165, 1.54) is 12.8 Å². The van der Waals surface area contributed by atoms with Crippen LogP contribution in [0.4, 0.5) is 0 Å². The molecule has 1 heterocycles. The summed E-state index contributed by atoms with van der Waals surface area (Å²) >= 11 is 5.35. The highest BCUT2D eigenvalue weighted by Crippen LogP contribution is 2.08. The molecule has 0 aromatic heterocycles. The second-order valence-electron chi connectivity index (χ2n) is 3.93. The van der Waals surface area contributed by atoms with Crippen LogP contribution in [0.25, 0.3) is 0 Å². The molecule has 15 heavy (non-hydrogen) atoms. The largest absolute Gasteiger partial charge is 0.375 e. The Hall–Kier alpha value is -0.350. The van der Waals surface area contributed by atoms with E-state index < -0.39 is 0 Å². The molecule has 0 radical (unpaired) electrons. The zero-order valence-corrected chi connectivity index (χ0v) is 10.6. The quantitative estimate of drug-likeness (QED) is 0.588. The van der Waals surface area contributed by atoms with Crippen molar-refractivity contribution in [2.75, 3.05) is 26.2 Å². The minimum atomic E-state index is 0.352. The zero-order chi connectivity index (χ0) is 11.1. The van der Waals surface area contributed by atoms with Crippen LogP contribution >= 0.6 is 12.2 Å². The van der Waals surface area contributed by atoms with Crippen LogP contribution in [0.3, 0.4) is 0 Å². The lowest BCUT2D eigenvalue weighted by atomic mass is 10.2. The van der Waals surface area contributed by atoms with Gasteiger partial charge in [-0.05, 0) is 25.1 Å². The van der Waals surface area contributed by atoms with E-state index in [1.807, 2.05) is 0 Å². The molecule has 1 unspecified atom stereocenters. The molecular weight excluding hydrogens is 208 g/mol. The highest BCUT2D eigenvalue weighted by atomic mass is 32.1. The Bertz CT molecular complexity index is 199. The molecule has 0 aliphatic carbocycles. The Morgan fingerprint density at radius 1 is 1.53 bits per heavy atom. The second-order valence-corrected chi connectivity index (χ2v) is 4.32. The number of ether oxygens (including phenoxy) is 1. The Balaban J connectivity index is 2.25. The molecule has 0 spiro atoms. The van der Waals surface area contributed by atoms with E-state index in [1.54, 1.807) is 0 Å². The van der Waals surface area contributed by atoms with Crippen molar-refractivity contribution in [3.8, 4) is 0 Å². The lowest BCUT2D eigenvalue weighted by Gasteiger charge is -2.34. The van der Waals surface area contributed by atoms with E-state index in [2.05, 4.69) is 24.1 Å². The SMILES string of the molecule is CCCCNC(=S)N1CCOC(CC)C1. The van der Waals surface area contributed by atoms with Gasteiger partial charge in [-0.1, -0.05) is 20.3 Å². The van der Waals surface area contributed by atoms with Crippen molar-refractivity contribution in [2.45, 2.75) is 39.2 Å². The van der Waals surface area contributed by atoms with Crippen LogP contribution in [0.1, 0.15) is 33.1 Å². The first-order valence-electron chi connectivity index (χ1n) is 5.92. The number of nitrogens with zero attached hydrogens (tertiary/aromatic N) is 1. The van der Waals surface area contributed by atoms with Gasteiger partial charge < -0.3 is 15.0 Å². The molecule has 1 saturated heterocycles. The Kier molecular flexibility index (Phi) is 5.95. The molecule has 1 aliphatic heterocycles. The summed E-state index contributed by atoms with van der Waals surface area (Å²) in [4.78, 5) is 2.22. The molecular formula is C11H22N2OS. The first-order chi connectivity index (χ1) is 7.27. The number of thiocarbonyl (C=S) groups is 1. The van der Waals surface area contributed by atoms with Crippen LogP contribution in [-0.2, 0) is 4.74 Å². The highest BCUT2D eigenvalue weighted by molar-refractivity contribution is 7.80. The van der Waals surface area contributed by atoms with Crippen LogP contribution in [0, 0.1) is 0 Å². The normalized spacial score (nSPS) is 21.5. The Labute approximate surface area is 98.2 Å². The van der Waals surface area contributed by atoms with Gasteiger partial charge in [0.1, 0.15) is 0 Å². The molecule has 0 saturated carbocycles. The molecule has 88 valence electrons. The average molecular weight is 230 g/mol. The van der Waals surface area contributed by atoms with E-state index >= 15 is 0 Å². The molecule has 1 aliphatic rings. The fourth-order valence-electron chi connectivity index (χ4n) is 1.63. The third-order valence-corrected chi connectivity index (χ3v) is 3.09. The summed E-state index contributed by atoms with van der Waals surface area (Å²) in [7, 11) is 0. The second kappa shape index (κ2) is 7.01. The predicted octanol–water partition coefficient (Wildman–Crippen LogP) is 1.77. The van der Waals surface area contributed by atoms with Gasteiger partial charge in [-0.25, -0.2) is 0 Å². The van der Waals surface area contributed by atoms with Gasteiger partial charge in [0.2, 0.25) is 0 Å². The molecule has 3 nitrogen and oxygen atoms in total. The number of nitrogens with one attached hydrogen (secondary N) is 1. The van der Waals surface area contributed by atoms with Crippen molar-refractivity contribution in [1.82, 2.24) is 10.2 Å². The topological polar surface area (TPSA) is 24.5 Å². The van der Waals surface area contributed by atoms with Gasteiger partial charge in [0.05, 0.1) is 12.7 Å². The maximum Gasteiger partial charge on any atom is 0.169 e. The van der Waals surface area contributed by atoms with E-state index in [-0.39, 0.29) is 0 Å². The predicted molar refractivity (Wildman–Crippen MR) is 67.1 cm³/mol. The Morgan fingerprint density at radius 2 is 2.33 bits per heavy atom. The minimum absolute atomic E-state index is 0.352. The van der Waals surface area contributed by atoms with Crippen molar-refractivity contribution in [3.05, 3.63) is 0 Å². The number of hydrogen-bond acceptors (Lipinski definition) is 2. The molecule has 0 amide bonds. The van der Waals surface area contributed by atoms with E-state index in [9.17, 15) is 0 Å². The summed E-state index contributed by atoms with van der Waals surface area (Å²) in [6, 6.07) is 0. The third-order valence-electron chi connectivity index (χ3n) is 2.69. The molecule has 0 bridgehead atoms. The number of hydrogen-bond donors (Lipinski definition) is 1. The van der Waals surface area contributed by atoms with E-state index in [0.717, 1.165) is 37.8 Å². The van der Waals surface area contributed by atoms with Gasteiger partial charge >= 0.3 is 0 Å². The lowest BCUT2D eigenvalue weighted by Crippen LogP contribution is -2.49. The lowest BCUT2D eigenvalue weighted by molar-refractivity contribution is -0.00720. The highest BCUT2D eigenvalue weighted by Gasteiger charge is 2.20. The van der Waals surface area contributed by atoms with Crippen LogP contribution in [-0.4, -0.2) is 42.4 Å². The van der Waals surface area contributed by atoms with E-state index in [0.29, 0.717) is 6.10 Å². The molecule has 4 heteroatoms. The maximum atomic E-state index is 5.60. The van der Waals surface area contributed by atoms with Crippen LogP contribution in [0.15, 0.2) is 0 Å². The minimum Gasteiger partial charge on any atom is -0.375 e. The van der Waals surface area contributed by atoms with Gasteiger partial charge in [-0.15, -0.1) is 0 Å². The van der Waals surface area contributed by atoms with Crippen molar-refractivity contribution in [2.24, 2.45) is 0 Å². The molecule has 1 fully saturated rings. The van der Waals surface area contributed by atoms with Crippen LogP contribution in [0.5, 0.6) is 0 Å². The van der Waals surface area contributed by atoms with Gasteiger partial charge in [0.25, 0.3) is 0 Å². The van der Waals surface area contributed by atoms with Crippen LogP contribution < -0.4 is 5.32 Å². The van der Waals surface area contributed by atoms with Gasteiger partial charge in [-0.3, -0.25) is 0 Å². The maximum absolute atomic E-state index is 5.60. The number of unbranched alkanes of at least 4 members (excludes halogenated alkanes) is 1. The smallest absolute Gasteiger partial charge is 0.169 e. The van der Waals surface area contributed by atoms with Crippen LogP contribution in [0.2, 0.25) is 0 Å². The number of morpholine rings is 1. The monoisotopic (exact) mass is 230 g/mol. The van der Waals surface area contributed by atoms with Crippen molar-refractivity contribution in [1.29, 1.82) is 0 Å². The van der Waals surface area contributed by atoms with Gasteiger partial charge in [0, 0.05) is 19.6 Å². The standard InChI is InChI=1S/C11H22N2OS/c1-3-5-6-12-11(15)13-7-8-14-10(4-2)9-13/h10H,3-9H2,1-2H3,(H,12,15). The van der Waals surface area contributed by atoms with Gasteiger partial charge in [0.15, 0.2) is 5.11 Å². The summed E-state index contributed by atoms with van der Waals surface area (Å²) in [5.41, 5.74) is 0. The summed E-state index contributed by atoms with van der Waals surface area (Å²) < 4.78 is 5.60. The third kappa shape index (κ3) is 4.34. The summed E-state index contributed by atoms with van der Waals surface area (Å²) in [6.07, 6.45) is 3.80. The summed E-state index contributed by atoms with van der Waals surface area (Å²) in [5, 5.41) is 4.19. The molecule has 0 aromatic rings. The van der Waals surface area contributed by atoms with Crippen molar-refractivity contribution >= 4 is 17.3 Å². The molecule has 1 atom stereocenters. The zero-order valence-electron chi connectivity index (χ0n) is 9.79. The van der Waals surface area contributed by atoms with E-state index in [4.69, 9.17) is 17.0 Å². The Morgan fingerprint density at radius 3 is 3.00 bits per heavy atom. The average Bonchev–Trinajstić information content (AvgIpc) is 2.29. The molecule has 1 N–H and O–H groups in total. The number of rotatable bonds is 4. The fraction of sp³-hybridized carbons (Fsp3) is 0.909. The first kappa shape index (κ1) is 12.7. The first-order valence-corrected chi connectivity index (χ1v) is 6.33. The van der Waals surface area contributed by atoms with Crippen molar-refractivity contribution < 1.29 is 4.74 Å². The van der Waals surface area contributed by atoms with Gasteiger partial charge in [-0.2, -0.15) is 0 Å². The molecule has 0 aromatic carbocycles. The molecule has 1 rings (SSSR count). The summed E-state index contributed by atoms with van der Waals surface area (Å²) in [5.74, 6) is 0. The van der Waals surface area contributed by atoms with Crippen molar-refractivity contribution in [3.63, 3.8) is 0 Å².